The summed E-state index contributed by atoms with van der Waals surface area (Å²) < 4.78 is 52.3. The van der Waals surface area contributed by atoms with Gasteiger partial charge < -0.3 is 5.73 Å². The zero-order chi connectivity index (χ0) is 21.2. The minimum absolute atomic E-state index is 0.324. The van der Waals surface area contributed by atoms with Crippen molar-refractivity contribution >= 4 is 28.9 Å². The lowest BCUT2D eigenvalue weighted by Crippen LogP contribution is -2.07. The molecule has 3 rings (SSSR count). The number of rotatable bonds is 6. The van der Waals surface area contributed by atoms with Gasteiger partial charge in [0.25, 0.3) is 0 Å². The fraction of sp³-hybridized carbons (Fsp3) is 0.316. The van der Waals surface area contributed by atoms with Gasteiger partial charge in [-0.25, -0.2) is 19.3 Å². The van der Waals surface area contributed by atoms with Crippen molar-refractivity contribution in [2.75, 3.05) is 5.73 Å². The number of benzene rings is 1. The van der Waals surface area contributed by atoms with E-state index in [1.165, 1.54) is 29.2 Å². The third-order valence-corrected chi connectivity index (χ3v) is 6.03. The molecule has 0 amide bonds. The molecule has 0 saturated carbocycles. The van der Waals surface area contributed by atoms with Crippen LogP contribution in [-0.2, 0) is 18.3 Å². The van der Waals surface area contributed by atoms with Crippen LogP contribution >= 0.6 is 23.1 Å². The molecule has 0 aliphatic heterocycles. The highest BCUT2D eigenvalue weighted by molar-refractivity contribution is 7.98. The molecule has 0 aliphatic rings. The summed E-state index contributed by atoms with van der Waals surface area (Å²) >= 11 is 2.74. The topological polar surface area (TPSA) is 64.7 Å². The lowest BCUT2D eigenvalue weighted by atomic mass is 10.1. The van der Waals surface area contributed by atoms with E-state index in [2.05, 4.69) is 15.0 Å². The SMILES string of the molecule is CCCc1sc(-c2ccc(C(F)(F)F)c(F)c2)nc1CSc1nc(C)cc(N)n1. The zero-order valence-corrected chi connectivity index (χ0v) is 17.3. The van der Waals surface area contributed by atoms with Crippen LogP contribution in [0.4, 0.5) is 23.4 Å². The minimum atomic E-state index is -4.73. The number of nitrogens with two attached hydrogens (primary N) is 1. The highest BCUT2D eigenvalue weighted by Crippen LogP contribution is 2.36. The van der Waals surface area contributed by atoms with Crippen molar-refractivity contribution < 1.29 is 17.6 Å². The third kappa shape index (κ3) is 5.24. The van der Waals surface area contributed by atoms with Crippen molar-refractivity contribution in [2.45, 2.75) is 43.8 Å². The second-order valence-electron chi connectivity index (χ2n) is 6.34. The molecule has 0 unspecified atom stereocenters. The molecule has 29 heavy (non-hydrogen) atoms. The van der Waals surface area contributed by atoms with Crippen LogP contribution in [-0.4, -0.2) is 15.0 Å². The molecule has 154 valence electrons. The van der Waals surface area contributed by atoms with Crippen LogP contribution in [0, 0.1) is 12.7 Å². The predicted molar refractivity (Wildman–Crippen MR) is 107 cm³/mol. The van der Waals surface area contributed by atoms with E-state index in [1.807, 2.05) is 13.8 Å². The quantitative estimate of drug-likeness (QED) is 0.293. The first-order valence-electron chi connectivity index (χ1n) is 8.77. The molecule has 0 saturated heterocycles. The Morgan fingerprint density at radius 3 is 2.52 bits per heavy atom. The number of hydrogen-bond acceptors (Lipinski definition) is 6. The molecule has 4 nitrogen and oxygen atoms in total. The number of halogens is 4. The van der Waals surface area contributed by atoms with Crippen LogP contribution in [0.15, 0.2) is 29.4 Å². The van der Waals surface area contributed by atoms with E-state index in [0.717, 1.165) is 41.2 Å². The number of anilines is 1. The Kier molecular flexibility index (Phi) is 6.42. The number of thioether (sulfide) groups is 1. The van der Waals surface area contributed by atoms with Crippen LogP contribution in [0.1, 0.15) is 35.2 Å². The second kappa shape index (κ2) is 8.66. The monoisotopic (exact) mass is 442 g/mol. The summed E-state index contributed by atoms with van der Waals surface area (Å²) in [6, 6.07) is 4.57. The lowest BCUT2D eigenvalue weighted by molar-refractivity contribution is -0.139. The molecule has 0 atom stereocenters. The Hall–Kier alpha value is -2.20. The summed E-state index contributed by atoms with van der Waals surface area (Å²) in [6.45, 7) is 3.85. The first kappa shape index (κ1) is 21.5. The summed E-state index contributed by atoms with van der Waals surface area (Å²) in [5.74, 6) is -0.438. The van der Waals surface area contributed by atoms with E-state index in [9.17, 15) is 17.6 Å². The maximum absolute atomic E-state index is 14.0. The van der Waals surface area contributed by atoms with Gasteiger partial charge >= 0.3 is 6.18 Å². The van der Waals surface area contributed by atoms with E-state index in [4.69, 9.17) is 5.73 Å². The maximum Gasteiger partial charge on any atom is 0.419 e. The van der Waals surface area contributed by atoms with E-state index >= 15 is 0 Å². The largest absolute Gasteiger partial charge is 0.419 e. The average molecular weight is 443 g/mol. The summed E-state index contributed by atoms with van der Waals surface area (Å²) in [4.78, 5) is 14.1. The number of alkyl halides is 3. The average Bonchev–Trinajstić information content (AvgIpc) is 3.01. The van der Waals surface area contributed by atoms with Crippen LogP contribution in [0.3, 0.4) is 0 Å². The van der Waals surface area contributed by atoms with Gasteiger partial charge in [0.15, 0.2) is 5.16 Å². The molecule has 0 aliphatic carbocycles. The molecule has 1 aromatic carbocycles. The van der Waals surface area contributed by atoms with Gasteiger partial charge in [-0.1, -0.05) is 31.2 Å². The van der Waals surface area contributed by atoms with Gasteiger partial charge in [-0.2, -0.15) is 13.2 Å². The smallest absolute Gasteiger partial charge is 0.384 e. The summed E-state index contributed by atoms with van der Waals surface area (Å²) in [5, 5.41) is 1.02. The van der Waals surface area contributed by atoms with Crippen LogP contribution in [0.2, 0.25) is 0 Å². The summed E-state index contributed by atoms with van der Waals surface area (Å²) in [6.07, 6.45) is -3.07. The van der Waals surface area contributed by atoms with Crippen molar-refractivity contribution in [1.29, 1.82) is 0 Å². The van der Waals surface area contributed by atoms with Gasteiger partial charge in [0.2, 0.25) is 0 Å². The third-order valence-electron chi connectivity index (χ3n) is 3.97. The van der Waals surface area contributed by atoms with Gasteiger partial charge in [0.1, 0.15) is 16.6 Å². The minimum Gasteiger partial charge on any atom is -0.384 e. The van der Waals surface area contributed by atoms with Crippen LogP contribution < -0.4 is 5.73 Å². The van der Waals surface area contributed by atoms with Gasteiger partial charge in [0, 0.05) is 28.0 Å². The first-order valence-corrected chi connectivity index (χ1v) is 10.6. The van der Waals surface area contributed by atoms with Gasteiger partial charge in [-0.3, -0.25) is 0 Å². The van der Waals surface area contributed by atoms with Gasteiger partial charge in [-0.15, -0.1) is 11.3 Å². The van der Waals surface area contributed by atoms with Crippen LogP contribution in [0.5, 0.6) is 0 Å². The summed E-state index contributed by atoms with van der Waals surface area (Å²) in [7, 11) is 0. The number of nitrogens with zero attached hydrogens (tertiary/aromatic N) is 3. The van der Waals surface area contributed by atoms with Crippen molar-refractivity contribution in [1.82, 2.24) is 15.0 Å². The van der Waals surface area contributed by atoms with E-state index in [-0.39, 0.29) is 0 Å². The molecule has 3 aromatic rings. The number of hydrogen-bond donors (Lipinski definition) is 1. The van der Waals surface area contributed by atoms with Crippen LogP contribution in [0.25, 0.3) is 10.6 Å². The van der Waals surface area contributed by atoms with E-state index in [0.29, 0.717) is 27.3 Å². The maximum atomic E-state index is 14.0. The zero-order valence-electron chi connectivity index (χ0n) is 15.7. The van der Waals surface area contributed by atoms with Gasteiger partial charge in [0.05, 0.1) is 11.3 Å². The highest BCUT2D eigenvalue weighted by atomic mass is 32.2. The summed E-state index contributed by atoms with van der Waals surface area (Å²) in [5.41, 5.74) is 6.34. The number of nitrogen functional groups attached to an aromatic ring is 1. The van der Waals surface area contributed by atoms with Gasteiger partial charge in [-0.05, 0) is 25.5 Å². The second-order valence-corrected chi connectivity index (χ2v) is 8.36. The fourth-order valence-corrected chi connectivity index (χ4v) is 4.83. The molecule has 0 spiro atoms. The highest BCUT2D eigenvalue weighted by Gasteiger charge is 2.34. The molecule has 0 bridgehead atoms. The van der Waals surface area contributed by atoms with Crippen molar-refractivity contribution in [3.8, 4) is 10.6 Å². The Bertz CT molecular complexity index is 998. The van der Waals surface area contributed by atoms with E-state index in [1.54, 1.807) is 6.07 Å². The number of aromatic nitrogens is 3. The molecule has 0 fully saturated rings. The first-order chi connectivity index (χ1) is 13.7. The Balaban J connectivity index is 1.87. The molecule has 2 aromatic heterocycles. The molecule has 2 heterocycles. The number of thiazole rings is 1. The molecular formula is C19H18F4N4S2. The number of aryl methyl sites for hydroxylation is 2. The normalized spacial score (nSPS) is 11.8. The Morgan fingerprint density at radius 1 is 1.14 bits per heavy atom. The van der Waals surface area contributed by atoms with Crippen molar-refractivity contribution in [3.05, 3.63) is 51.9 Å². The molecule has 2 N–H and O–H groups in total. The molecular weight excluding hydrogens is 424 g/mol. The molecule has 0 radical (unpaired) electrons. The Labute approximate surface area is 173 Å². The fourth-order valence-electron chi connectivity index (χ4n) is 2.68. The van der Waals surface area contributed by atoms with Crippen molar-refractivity contribution in [3.63, 3.8) is 0 Å². The predicted octanol–water partition coefficient (Wildman–Crippen LogP) is 5.89. The van der Waals surface area contributed by atoms with E-state index < -0.39 is 17.6 Å². The standard InChI is InChI=1S/C19H18F4N4S2/c1-3-4-15-14(9-28-18-25-10(2)7-16(24)27-18)26-17(29-15)11-5-6-12(13(20)8-11)19(21,22)23/h5-8H,3-4,9H2,1-2H3,(H2,24,25,27). The molecule has 10 heteroatoms. The van der Waals surface area contributed by atoms with Crippen molar-refractivity contribution in [2.24, 2.45) is 0 Å². The Morgan fingerprint density at radius 2 is 1.90 bits per heavy atom. The lowest BCUT2D eigenvalue weighted by Gasteiger charge is -2.08.